The van der Waals surface area contributed by atoms with E-state index in [2.05, 4.69) is 15.1 Å². The normalized spacial score (nSPS) is 14.8. The summed E-state index contributed by atoms with van der Waals surface area (Å²) in [5.41, 5.74) is 3.20. The molecule has 0 aliphatic carbocycles. The highest BCUT2D eigenvalue weighted by Crippen LogP contribution is 2.29. The molecule has 8 nitrogen and oxygen atoms in total. The first-order chi connectivity index (χ1) is 15.8. The molecule has 1 aliphatic heterocycles. The second-order valence-corrected chi connectivity index (χ2v) is 9.89. The molecule has 0 atom stereocenters. The monoisotopic (exact) mass is 468 g/mol. The molecule has 174 valence electrons. The summed E-state index contributed by atoms with van der Waals surface area (Å²) >= 11 is 0. The topological polar surface area (TPSA) is 84.9 Å². The highest BCUT2D eigenvalue weighted by Gasteiger charge is 2.30. The molecule has 2 heterocycles. The number of hydrogen-bond donors (Lipinski definition) is 0. The molecule has 9 heteroatoms. The lowest BCUT2D eigenvalue weighted by Gasteiger charge is -2.34. The minimum atomic E-state index is -3.59. The number of benzene rings is 2. The fraction of sp³-hybridized carbons (Fsp3) is 0.333. The zero-order chi connectivity index (χ0) is 23.6. The van der Waals surface area contributed by atoms with E-state index in [-0.39, 0.29) is 0 Å². The lowest BCUT2D eigenvalue weighted by molar-refractivity contribution is 0.382. The van der Waals surface area contributed by atoms with Crippen molar-refractivity contribution in [1.82, 2.24) is 14.5 Å². The number of sulfonamides is 1. The number of nitrogens with zero attached hydrogens (tertiary/aromatic N) is 4. The molecule has 0 saturated carbocycles. The summed E-state index contributed by atoms with van der Waals surface area (Å²) in [6, 6.07) is 15.0. The van der Waals surface area contributed by atoms with Gasteiger partial charge in [-0.25, -0.2) is 8.42 Å². The second kappa shape index (κ2) is 9.36. The van der Waals surface area contributed by atoms with Crippen molar-refractivity contribution in [3.05, 3.63) is 59.7 Å². The lowest BCUT2D eigenvalue weighted by Crippen LogP contribution is -2.49. The third-order valence-corrected chi connectivity index (χ3v) is 7.95. The summed E-state index contributed by atoms with van der Waals surface area (Å²) in [6.45, 7) is 5.51. The van der Waals surface area contributed by atoms with Crippen molar-refractivity contribution in [1.29, 1.82) is 0 Å². The highest BCUT2D eigenvalue weighted by atomic mass is 32.2. The van der Waals surface area contributed by atoms with Crippen molar-refractivity contribution >= 4 is 15.8 Å². The van der Waals surface area contributed by atoms with Gasteiger partial charge in [0.2, 0.25) is 10.0 Å². The quantitative estimate of drug-likeness (QED) is 0.549. The molecule has 0 bridgehead atoms. The predicted octanol–water partition coefficient (Wildman–Crippen LogP) is 3.29. The van der Waals surface area contributed by atoms with Gasteiger partial charge in [-0.2, -0.15) is 4.31 Å². The van der Waals surface area contributed by atoms with Gasteiger partial charge in [0.1, 0.15) is 11.5 Å². The lowest BCUT2D eigenvalue weighted by atomic mass is 10.1. The average Bonchev–Trinajstić information content (AvgIpc) is 2.85. The van der Waals surface area contributed by atoms with E-state index in [1.165, 1.54) is 4.31 Å². The molecule has 4 rings (SSSR count). The van der Waals surface area contributed by atoms with Gasteiger partial charge < -0.3 is 14.4 Å². The van der Waals surface area contributed by atoms with Crippen LogP contribution in [-0.4, -0.2) is 63.3 Å². The first kappa shape index (κ1) is 23.0. The largest absolute Gasteiger partial charge is 0.497 e. The number of aryl methyl sites for hydroxylation is 2. The maximum Gasteiger partial charge on any atom is 0.243 e. The molecular formula is C24H28N4O4S. The van der Waals surface area contributed by atoms with E-state index < -0.39 is 10.0 Å². The van der Waals surface area contributed by atoms with Gasteiger partial charge in [-0.05, 0) is 73.5 Å². The van der Waals surface area contributed by atoms with Gasteiger partial charge in [0, 0.05) is 31.7 Å². The van der Waals surface area contributed by atoms with Gasteiger partial charge in [-0.3, -0.25) is 0 Å². The van der Waals surface area contributed by atoms with Crippen molar-refractivity contribution in [2.45, 2.75) is 18.7 Å². The average molecular weight is 469 g/mol. The van der Waals surface area contributed by atoms with E-state index >= 15 is 0 Å². The van der Waals surface area contributed by atoms with Gasteiger partial charge >= 0.3 is 0 Å². The number of methoxy groups -OCH3 is 2. The van der Waals surface area contributed by atoms with Crippen LogP contribution in [0.15, 0.2) is 53.4 Å². The summed E-state index contributed by atoms with van der Waals surface area (Å²) in [6.07, 6.45) is 0. The molecule has 0 amide bonds. The maximum atomic E-state index is 13.3. The van der Waals surface area contributed by atoms with Gasteiger partial charge in [-0.1, -0.05) is 0 Å². The van der Waals surface area contributed by atoms with Crippen LogP contribution in [0.1, 0.15) is 11.1 Å². The van der Waals surface area contributed by atoms with E-state index in [9.17, 15) is 8.42 Å². The zero-order valence-corrected chi connectivity index (χ0v) is 20.1. The van der Waals surface area contributed by atoms with Crippen LogP contribution >= 0.6 is 0 Å². The first-order valence-corrected chi connectivity index (χ1v) is 12.2. The van der Waals surface area contributed by atoms with Crippen LogP contribution in [0.2, 0.25) is 0 Å². The van der Waals surface area contributed by atoms with Crippen molar-refractivity contribution in [2.75, 3.05) is 45.3 Å². The van der Waals surface area contributed by atoms with Crippen molar-refractivity contribution in [3.8, 4) is 22.8 Å². The van der Waals surface area contributed by atoms with Crippen molar-refractivity contribution < 1.29 is 17.9 Å². The van der Waals surface area contributed by atoms with Gasteiger partial charge in [0.05, 0.1) is 24.8 Å². The number of aromatic nitrogens is 2. The summed E-state index contributed by atoms with van der Waals surface area (Å²) in [4.78, 5) is 2.39. The first-order valence-electron chi connectivity index (χ1n) is 10.7. The number of piperazine rings is 1. The molecule has 33 heavy (non-hydrogen) atoms. The van der Waals surface area contributed by atoms with E-state index in [0.717, 1.165) is 28.4 Å². The van der Waals surface area contributed by atoms with Crippen LogP contribution in [0.25, 0.3) is 11.3 Å². The fourth-order valence-electron chi connectivity index (χ4n) is 3.97. The highest BCUT2D eigenvalue weighted by molar-refractivity contribution is 7.89. The van der Waals surface area contributed by atoms with E-state index in [1.54, 1.807) is 33.3 Å². The van der Waals surface area contributed by atoms with Crippen LogP contribution in [0.3, 0.4) is 0 Å². The number of ether oxygens (including phenoxy) is 2. The molecule has 0 unspecified atom stereocenters. The third kappa shape index (κ3) is 4.65. The van der Waals surface area contributed by atoms with Gasteiger partial charge in [-0.15, -0.1) is 10.2 Å². The number of anilines is 1. The Balaban J connectivity index is 1.44. The SMILES string of the molecule is COc1ccc(-c2ccc(N3CCN(S(=O)(=O)c4cc(C)c(OC)cc4C)CC3)nn2)cc1. The minimum absolute atomic E-state index is 0.331. The summed E-state index contributed by atoms with van der Waals surface area (Å²) in [5, 5.41) is 8.73. The van der Waals surface area contributed by atoms with E-state index in [4.69, 9.17) is 9.47 Å². The van der Waals surface area contributed by atoms with Gasteiger partial charge in [0.25, 0.3) is 0 Å². The Morgan fingerprint density at radius 3 is 2.09 bits per heavy atom. The third-order valence-electron chi connectivity index (χ3n) is 5.91. The van der Waals surface area contributed by atoms with Crippen LogP contribution in [0.4, 0.5) is 5.82 Å². The Morgan fingerprint density at radius 2 is 1.52 bits per heavy atom. The Kier molecular flexibility index (Phi) is 6.53. The summed E-state index contributed by atoms with van der Waals surface area (Å²) in [5.74, 6) is 2.21. The molecule has 1 aromatic heterocycles. The Labute approximate surface area is 194 Å². The zero-order valence-electron chi connectivity index (χ0n) is 19.3. The number of rotatable bonds is 6. The maximum absolute atomic E-state index is 13.3. The predicted molar refractivity (Wildman–Crippen MR) is 127 cm³/mol. The van der Waals surface area contributed by atoms with Crippen LogP contribution in [0.5, 0.6) is 11.5 Å². The van der Waals surface area contributed by atoms with Crippen LogP contribution in [-0.2, 0) is 10.0 Å². The Hall–Kier alpha value is -3.17. The van der Waals surface area contributed by atoms with Crippen molar-refractivity contribution in [3.63, 3.8) is 0 Å². The molecular weight excluding hydrogens is 440 g/mol. The van der Waals surface area contributed by atoms with Crippen molar-refractivity contribution in [2.24, 2.45) is 0 Å². The molecule has 1 saturated heterocycles. The number of hydrogen-bond acceptors (Lipinski definition) is 7. The fourth-order valence-corrected chi connectivity index (χ4v) is 5.68. The second-order valence-electron chi connectivity index (χ2n) is 7.98. The molecule has 0 N–H and O–H groups in total. The van der Waals surface area contributed by atoms with Crippen LogP contribution in [0, 0.1) is 13.8 Å². The Morgan fingerprint density at radius 1 is 0.818 bits per heavy atom. The van der Waals surface area contributed by atoms with Gasteiger partial charge in [0.15, 0.2) is 5.82 Å². The van der Waals surface area contributed by atoms with E-state index in [1.807, 2.05) is 43.3 Å². The molecule has 2 aromatic carbocycles. The summed E-state index contributed by atoms with van der Waals surface area (Å²) in [7, 11) is -0.372. The molecule has 0 radical (unpaired) electrons. The molecule has 1 aliphatic rings. The standard InChI is InChI=1S/C24H28N4O4S/c1-17-16-23(18(2)15-22(17)32-4)33(29,30)28-13-11-27(12-14-28)24-10-9-21(25-26-24)19-5-7-20(31-3)8-6-19/h5-10,15-16H,11-14H2,1-4H3. The molecule has 1 fully saturated rings. The molecule has 3 aromatic rings. The molecule has 0 spiro atoms. The van der Waals surface area contributed by atoms with E-state index in [0.29, 0.717) is 42.4 Å². The Bertz CT molecular complexity index is 1220. The summed E-state index contributed by atoms with van der Waals surface area (Å²) < 4.78 is 38.6. The minimum Gasteiger partial charge on any atom is -0.497 e. The smallest absolute Gasteiger partial charge is 0.243 e. The van der Waals surface area contributed by atoms with Crippen LogP contribution < -0.4 is 14.4 Å².